The number of benzene rings is 1. The molecule has 0 bridgehead atoms. The Kier molecular flexibility index (Phi) is 6.61. The Morgan fingerprint density at radius 2 is 2.18 bits per heavy atom. The minimum atomic E-state index is -0.307. The molecular formula is C17H27FN2O2. The van der Waals surface area contributed by atoms with Gasteiger partial charge in [0.15, 0.2) is 11.6 Å². The average molecular weight is 310 g/mol. The van der Waals surface area contributed by atoms with Crippen LogP contribution in [0.25, 0.3) is 0 Å². The summed E-state index contributed by atoms with van der Waals surface area (Å²) in [5.74, 6) is 0.709. The van der Waals surface area contributed by atoms with Crippen molar-refractivity contribution in [2.75, 3.05) is 54.1 Å². The van der Waals surface area contributed by atoms with Crippen LogP contribution >= 0.6 is 0 Å². The van der Waals surface area contributed by atoms with Gasteiger partial charge in [-0.15, -0.1) is 0 Å². The van der Waals surface area contributed by atoms with Crippen molar-refractivity contribution in [2.24, 2.45) is 5.92 Å². The standard InChI is InChI=1S/C17H27FN2O2/c1-19(11-14-4-5-16(18)17(10-14)22-3)12-15-6-7-20(13-15)8-9-21-2/h4-5,10,15H,6-9,11-13H2,1-3H3/t15-/m0/s1. The zero-order chi connectivity index (χ0) is 15.9. The van der Waals surface area contributed by atoms with Crippen LogP contribution in [0.5, 0.6) is 5.75 Å². The van der Waals surface area contributed by atoms with Gasteiger partial charge in [0, 0.05) is 33.3 Å². The van der Waals surface area contributed by atoms with Gasteiger partial charge in [-0.25, -0.2) is 4.39 Å². The number of likely N-dealkylation sites (tertiary alicyclic amines) is 1. The molecule has 22 heavy (non-hydrogen) atoms. The molecule has 1 aromatic rings. The molecule has 0 aromatic heterocycles. The van der Waals surface area contributed by atoms with Gasteiger partial charge in [0.25, 0.3) is 0 Å². The van der Waals surface area contributed by atoms with E-state index >= 15 is 0 Å². The largest absolute Gasteiger partial charge is 0.494 e. The van der Waals surface area contributed by atoms with Gasteiger partial charge < -0.3 is 19.3 Å². The monoisotopic (exact) mass is 310 g/mol. The van der Waals surface area contributed by atoms with E-state index in [0.717, 1.165) is 44.9 Å². The normalized spacial score (nSPS) is 19.0. The smallest absolute Gasteiger partial charge is 0.165 e. The molecule has 1 aromatic carbocycles. The van der Waals surface area contributed by atoms with E-state index in [-0.39, 0.29) is 5.82 Å². The average Bonchev–Trinajstić information content (AvgIpc) is 2.94. The van der Waals surface area contributed by atoms with E-state index in [1.165, 1.54) is 19.6 Å². The van der Waals surface area contributed by atoms with Crippen molar-refractivity contribution in [3.8, 4) is 5.75 Å². The van der Waals surface area contributed by atoms with Crippen LogP contribution in [0.4, 0.5) is 4.39 Å². The summed E-state index contributed by atoms with van der Waals surface area (Å²) in [6.07, 6.45) is 1.24. The van der Waals surface area contributed by atoms with Crippen molar-refractivity contribution in [3.05, 3.63) is 29.6 Å². The van der Waals surface area contributed by atoms with Crippen molar-refractivity contribution < 1.29 is 13.9 Å². The first-order valence-corrected chi connectivity index (χ1v) is 7.84. The molecule has 1 aliphatic heterocycles. The fourth-order valence-electron chi connectivity index (χ4n) is 3.10. The topological polar surface area (TPSA) is 24.9 Å². The van der Waals surface area contributed by atoms with Crippen molar-refractivity contribution in [1.29, 1.82) is 0 Å². The number of hydrogen-bond donors (Lipinski definition) is 0. The summed E-state index contributed by atoms with van der Waals surface area (Å²) in [6, 6.07) is 5.09. The van der Waals surface area contributed by atoms with E-state index in [0.29, 0.717) is 11.7 Å². The van der Waals surface area contributed by atoms with Crippen LogP contribution in [0.15, 0.2) is 18.2 Å². The van der Waals surface area contributed by atoms with E-state index in [1.807, 2.05) is 6.07 Å². The van der Waals surface area contributed by atoms with Crippen LogP contribution in [0.1, 0.15) is 12.0 Å². The number of nitrogens with zero attached hydrogens (tertiary/aromatic N) is 2. The lowest BCUT2D eigenvalue weighted by atomic mass is 10.1. The van der Waals surface area contributed by atoms with Gasteiger partial charge in [-0.1, -0.05) is 6.07 Å². The van der Waals surface area contributed by atoms with Gasteiger partial charge in [0.05, 0.1) is 13.7 Å². The third-order valence-electron chi connectivity index (χ3n) is 4.22. The lowest BCUT2D eigenvalue weighted by Crippen LogP contribution is -2.29. The fourth-order valence-corrected chi connectivity index (χ4v) is 3.10. The van der Waals surface area contributed by atoms with E-state index < -0.39 is 0 Å². The predicted molar refractivity (Wildman–Crippen MR) is 85.7 cm³/mol. The molecule has 1 heterocycles. The second-order valence-corrected chi connectivity index (χ2v) is 6.11. The van der Waals surface area contributed by atoms with Gasteiger partial charge in [-0.05, 0) is 43.6 Å². The highest BCUT2D eigenvalue weighted by Gasteiger charge is 2.23. The molecule has 4 nitrogen and oxygen atoms in total. The zero-order valence-corrected chi connectivity index (χ0v) is 13.8. The zero-order valence-electron chi connectivity index (χ0n) is 13.8. The Hall–Kier alpha value is -1.17. The second kappa shape index (κ2) is 8.46. The van der Waals surface area contributed by atoms with E-state index in [4.69, 9.17) is 9.47 Å². The number of hydrogen-bond acceptors (Lipinski definition) is 4. The molecule has 1 fully saturated rings. The maximum absolute atomic E-state index is 13.4. The van der Waals surface area contributed by atoms with E-state index in [9.17, 15) is 4.39 Å². The van der Waals surface area contributed by atoms with Crippen LogP contribution < -0.4 is 4.74 Å². The fraction of sp³-hybridized carbons (Fsp3) is 0.647. The molecule has 124 valence electrons. The molecule has 1 aliphatic rings. The Balaban J connectivity index is 1.79. The highest BCUT2D eigenvalue weighted by molar-refractivity contribution is 5.30. The molecule has 0 N–H and O–H groups in total. The first-order valence-electron chi connectivity index (χ1n) is 7.84. The van der Waals surface area contributed by atoms with Crippen molar-refractivity contribution in [2.45, 2.75) is 13.0 Å². The van der Waals surface area contributed by atoms with Crippen LogP contribution in [0, 0.1) is 11.7 Å². The molecular weight excluding hydrogens is 283 g/mol. The summed E-state index contributed by atoms with van der Waals surface area (Å²) in [7, 11) is 5.37. The maximum Gasteiger partial charge on any atom is 0.165 e. The van der Waals surface area contributed by atoms with Crippen LogP contribution in [0.3, 0.4) is 0 Å². The van der Waals surface area contributed by atoms with Gasteiger partial charge in [0.1, 0.15) is 0 Å². The summed E-state index contributed by atoms with van der Waals surface area (Å²) < 4.78 is 23.6. The van der Waals surface area contributed by atoms with E-state index in [2.05, 4.69) is 16.8 Å². The molecule has 1 saturated heterocycles. The van der Waals surface area contributed by atoms with E-state index in [1.54, 1.807) is 13.2 Å². The summed E-state index contributed by atoms with van der Waals surface area (Å²) >= 11 is 0. The molecule has 0 saturated carbocycles. The third-order valence-corrected chi connectivity index (χ3v) is 4.22. The SMILES string of the molecule is COCCN1CC[C@@H](CN(C)Cc2ccc(F)c(OC)c2)C1. The molecule has 0 radical (unpaired) electrons. The summed E-state index contributed by atoms with van der Waals surface area (Å²) in [5.41, 5.74) is 1.08. The predicted octanol–water partition coefficient (Wildman–Crippen LogP) is 2.23. The number of halogens is 1. The third kappa shape index (κ3) is 4.93. The lowest BCUT2D eigenvalue weighted by molar-refractivity contribution is 0.157. The number of rotatable bonds is 8. The first-order chi connectivity index (χ1) is 10.6. The Morgan fingerprint density at radius 1 is 1.36 bits per heavy atom. The number of ether oxygens (including phenoxy) is 2. The first kappa shape index (κ1) is 17.2. The molecule has 0 amide bonds. The molecule has 0 unspecified atom stereocenters. The van der Waals surface area contributed by atoms with Gasteiger partial charge in [0.2, 0.25) is 0 Å². The van der Waals surface area contributed by atoms with Crippen molar-refractivity contribution >= 4 is 0 Å². The highest BCUT2D eigenvalue weighted by Crippen LogP contribution is 2.21. The Morgan fingerprint density at radius 3 is 2.91 bits per heavy atom. The second-order valence-electron chi connectivity index (χ2n) is 6.11. The lowest BCUT2D eigenvalue weighted by Gasteiger charge is -2.22. The minimum Gasteiger partial charge on any atom is -0.494 e. The minimum absolute atomic E-state index is 0.307. The molecule has 0 spiro atoms. The Labute approximate surface area is 132 Å². The van der Waals surface area contributed by atoms with Crippen molar-refractivity contribution in [3.63, 3.8) is 0 Å². The number of methoxy groups -OCH3 is 2. The molecule has 2 rings (SSSR count). The Bertz CT molecular complexity index is 470. The van der Waals surface area contributed by atoms with Crippen molar-refractivity contribution in [1.82, 2.24) is 9.80 Å². The summed E-state index contributed by atoms with van der Waals surface area (Å²) in [4.78, 5) is 4.76. The van der Waals surface area contributed by atoms with Gasteiger partial charge in [-0.3, -0.25) is 0 Å². The quantitative estimate of drug-likeness (QED) is 0.735. The summed E-state index contributed by atoms with van der Waals surface area (Å²) in [6.45, 7) is 5.99. The van der Waals surface area contributed by atoms with Crippen LogP contribution in [0.2, 0.25) is 0 Å². The summed E-state index contributed by atoms with van der Waals surface area (Å²) in [5, 5.41) is 0. The van der Waals surface area contributed by atoms with Gasteiger partial charge in [-0.2, -0.15) is 0 Å². The van der Waals surface area contributed by atoms with Gasteiger partial charge >= 0.3 is 0 Å². The van der Waals surface area contributed by atoms with Crippen LogP contribution in [-0.2, 0) is 11.3 Å². The molecule has 5 heteroatoms. The van der Waals surface area contributed by atoms with Crippen LogP contribution in [-0.4, -0.2) is 63.9 Å². The highest BCUT2D eigenvalue weighted by atomic mass is 19.1. The maximum atomic E-state index is 13.4. The molecule has 1 atom stereocenters. The molecule has 0 aliphatic carbocycles.